The Morgan fingerprint density at radius 1 is 1.38 bits per heavy atom. The number of carbonyl (C=O) groups is 1. The van der Waals surface area contributed by atoms with Crippen LogP contribution in [0.25, 0.3) is 0 Å². The summed E-state index contributed by atoms with van der Waals surface area (Å²) >= 11 is 5.66. The number of hydrogen-bond acceptors (Lipinski definition) is 1. The van der Waals surface area contributed by atoms with Crippen molar-refractivity contribution in [2.75, 3.05) is 0 Å². The first-order valence-electron chi connectivity index (χ1n) is 5.25. The highest BCUT2D eigenvalue weighted by Crippen LogP contribution is 2.42. The molecule has 1 aliphatic rings. The first-order valence-corrected chi connectivity index (χ1v) is 5.63. The van der Waals surface area contributed by atoms with Gasteiger partial charge in [0, 0.05) is 10.6 Å². The average Bonchev–Trinajstić information content (AvgIpc) is 2.67. The molecule has 1 saturated carbocycles. The van der Waals surface area contributed by atoms with Crippen molar-refractivity contribution in [1.82, 2.24) is 0 Å². The highest BCUT2D eigenvalue weighted by Gasteiger charge is 2.44. The number of halogens is 2. The number of benzene rings is 1. The quantitative estimate of drug-likeness (QED) is 0.863. The summed E-state index contributed by atoms with van der Waals surface area (Å²) in [7, 11) is 0. The second-order valence-corrected chi connectivity index (χ2v) is 4.65. The summed E-state index contributed by atoms with van der Waals surface area (Å²) in [6.07, 6.45) is 2.66. The Morgan fingerprint density at radius 3 is 2.50 bits per heavy atom. The van der Waals surface area contributed by atoms with Crippen molar-refractivity contribution < 1.29 is 14.3 Å². The first-order chi connectivity index (χ1) is 7.56. The molecule has 0 spiro atoms. The topological polar surface area (TPSA) is 37.3 Å². The fraction of sp³-hybridized carbons (Fsp3) is 0.417. The van der Waals surface area contributed by atoms with Crippen LogP contribution >= 0.6 is 11.6 Å². The van der Waals surface area contributed by atoms with E-state index in [-0.39, 0.29) is 5.56 Å². The van der Waals surface area contributed by atoms with E-state index in [0.29, 0.717) is 17.9 Å². The van der Waals surface area contributed by atoms with E-state index in [9.17, 15) is 14.3 Å². The molecule has 0 bridgehead atoms. The Labute approximate surface area is 98.0 Å². The highest BCUT2D eigenvalue weighted by molar-refractivity contribution is 6.30. The van der Waals surface area contributed by atoms with E-state index in [2.05, 4.69) is 0 Å². The van der Waals surface area contributed by atoms with Crippen molar-refractivity contribution in [3.8, 4) is 0 Å². The molecule has 0 unspecified atom stereocenters. The van der Waals surface area contributed by atoms with Crippen LogP contribution in [0.1, 0.15) is 31.2 Å². The van der Waals surface area contributed by atoms with Crippen LogP contribution in [-0.4, -0.2) is 11.1 Å². The Bertz CT molecular complexity index is 425. The molecule has 1 aromatic carbocycles. The molecule has 0 amide bonds. The predicted molar refractivity (Wildman–Crippen MR) is 59.2 cm³/mol. The fourth-order valence-electron chi connectivity index (χ4n) is 2.45. The van der Waals surface area contributed by atoms with Gasteiger partial charge in [-0.3, -0.25) is 4.79 Å². The van der Waals surface area contributed by atoms with Gasteiger partial charge in [-0.25, -0.2) is 4.39 Å². The molecule has 1 aliphatic carbocycles. The third kappa shape index (κ3) is 1.69. The van der Waals surface area contributed by atoms with E-state index in [1.54, 1.807) is 6.07 Å². The largest absolute Gasteiger partial charge is 0.481 e. The molecule has 1 aromatic rings. The van der Waals surface area contributed by atoms with Gasteiger partial charge in [0.15, 0.2) is 0 Å². The molecule has 0 radical (unpaired) electrons. The van der Waals surface area contributed by atoms with Crippen LogP contribution in [0.5, 0.6) is 0 Å². The van der Waals surface area contributed by atoms with E-state index in [0.717, 1.165) is 12.8 Å². The van der Waals surface area contributed by atoms with Gasteiger partial charge in [0.1, 0.15) is 5.82 Å². The molecular weight excluding hydrogens is 231 g/mol. The predicted octanol–water partition coefficient (Wildman–Crippen LogP) is 3.38. The molecule has 0 aliphatic heterocycles. The lowest BCUT2D eigenvalue weighted by atomic mass is 9.79. The second kappa shape index (κ2) is 4.06. The van der Waals surface area contributed by atoms with Crippen molar-refractivity contribution in [2.24, 2.45) is 0 Å². The summed E-state index contributed by atoms with van der Waals surface area (Å²) in [6, 6.07) is 4.22. The minimum Gasteiger partial charge on any atom is -0.481 e. The number of aliphatic carboxylic acids is 1. The lowest BCUT2D eigenvalue weighted by Crippen LogP contribution is -2.33. The van der Waals surface area contributed by atoms with E-state index in [1.807, 2.05) is 0 Å². The van der Waals surface area contributed by atoms with Crippen molar-refractivity contribution in [3.63, 3.8) is 0 Å². The molecule has 4 heteroatoms. The maximum atomic E-state index is 13.8. The summed E-state index contributed by atoms with van der Waals surface area (Å²) in [5, 5.41) is 9.60. The Balaban J connectivity index is 2.51. The summed E-state index contributed by atoms with van der Waals surface area (Å²) in [4.78, 5) is 11.4. The Hall–Kier alpha value is -1.09. The van der Waals surface area contributed by atoms with E-state index in [4.69, 9.17) is 11.6 Å². The van der Waals surface area contributed by atoms with Gasteiger partial charge in [0.05, 0.1) is 5.41 Å². The van der Waals surface area contributed by atoms with E-state index >= 15 is 0 Å². The van der Waals surface area contributed by atoms with Gasteiger partial charge in [-0.05, 0) is 25.0 Å². The minimum absolute atomic E-state index is 0.266. The van der Waals surface area contributed by atoms with Crippen LogP contribution < -0.4 is 0 Å². The first kappa shape index (κ1) is 11.4. The number of carboxylic acid groups (broad SMARTS) is 1. The highest BCUT2D eigenvalue weighted by atomic mass is 35.5. The summed E-state index contributed by atoms with van der Waals surface area (Å²) in [5.41, 5.74) is -0.781. The van der Waals surface area contributed by atoms with Crippen LogP contribution in [0.15, 0.2) is 18.2 Å². The van der Waals surface area contributed by atoms with Crippen LogP contribution in [0, 0.1) is 5.82 Å². The summed E-state index contributed by atoms with van der Waals surface area (Å²) in [6.45, 7) is 0. The molecule has 16 heavy (non-hydrogen) atoms. The molecule has 0 atom stereocenters. The zero-order valence-corrected chi connectivity index (χ0v) is 9.43. The van der Waals surface area contributed by atoms with Crippen molar-refractivity contribution in [1.29, 1.82) is 0 Å². The minimum atomic E-state index is -1.05. The van der Waals surface area contributed by atoms with Crippen LogP contribution in [-0.2, 0) is 10.2 Å². The fourth-order valence-corrected chi connectivity index (χ4v) is 2.61. The molecule has 2 rings (SSSR count). The standard InChI is InChI=1S/C12H12ClFO2/c13-8-3-4-9(10(14)7-8)12(11(15)16)5-1-2-6-12/h3-4,7H,1-2,5-6H2,(H,15,16). The summed E-state index contributed by atoms with van der Waals surface area (Å²) < 4.78 is 13.8. The molecule has 1 N–H and O–H groups in total. The maximum Gasteiger partial charge on any atom is 0.314 e. The van der Waals surface area contributed by atoms with Gasteiger partial charge < -0.3 is 5.11 Å². The average molecular weight is 243 g/mol. The molecule has 2 nitrogen and oxygen atoms in total. The van der Waals surface area contributed by atoms with Gasteiger partial charge >= 0.3 is 5.97 Å². The zero-order chi connectivity index (χ0) is 11.8. The Kier molecular flexibility index (Phi) is 2.89. The summed E-state index contributed by atoms with van der Waals surface area (Å²) in [5.74, 6) is -1.46. The lowest BCUT2D eigenvalue weighted by Gasteiger charge is -2.24. The molecule has 86 valence electrons. The van der Waals surface area contributed by atoms with Crippen LogP contribution in [0.4, 0.5) is 4.39 Å². The molecule has 0 aromatic heterocycles. The molecular formula is C12H12ClFO2. The normalized spacial score (nSPS) is 18.6. The third-order valence-corrected chi connectivity index (χ3v) is 3.55. The van der Waals surface area contributed by atoms with Crippen molar-refractivity contribution in [2.45, 2.75) is 31.1 Å². The monoisotopic (exact) mass is 242 g/mol. The molecule has 0 heterocycles. The van der Waals surface area contributed by atoms with Crippen LogP contribution in [0.2, 0.25) is 5.02 Å². The van der Waals surface area contributed by atoms with Gasteiger partial charge in [-0.2, -0.15) is 0 Å². The van der Waals surface area contributed by atoms with E-state index < -0.39 is 17.2 Å². The molecule has 0 saturated heterocycles. The zero-order valence-electron chi connectivity index (χ0n) is 8.67. The number of rotatable bonds is 2. The van der Waals surface area contributed by atoms with Crippen LogP contribution in [0.3, 0.4) is 0 Å². The van der Waals surface area contributed by atoms with Gasteiger partial charge in [0.25, 0.3) is 0 Å². The lowest BCUT2D eigenvalue weighted by molar-refractivity contribution is -0.143. The third-order valence-electron chi connectivity index (χ3n) is 3.31. The maximum absolute atomic E-state index is 13.8. The van der Waals surface area contributed by atoms with Gasteiger partial charge in [0.2, 0.25) is 0 Å². The SMILES string of the molecule is O=C(O)C1(c2ccc(Cl)cc2F)CCCC1. The second-order valence-electron chi connectivity index (χ2n) is 4.22. The molecule has 1 fully saturated rings. The van der Waals surface area contributed by atoms with Gasteiger partial charge in [-0.15, -0.1) is 0 Å². The smallest absolute Gasteiger partial charge is 0.314 e. The number of hydrogen-bond donors (Lipinski definition) is 1. The van der Waals surface area contributed by atoms with Gasteiger partial charge in [-0.1, -0.05) is 30.5 Å². The van der Waals surface area contributed by atoms with Crippen molar-refractivity contribution in [3.05, 3.63) is 34.6 Å². The van der Waals surface area contributed by atoms with Crippen molar-refractivity contribution >= 4 is 17.6 Å². The Morgan fingerprint density at radius 2 is 2.00 bits per heavy atom. The number of carboxylic acids is 1. The van der Waals surface area contributed by atoms with E-state index in [1.165, 1.54) is 12.1 Å².